The summed E-state index contributed by atoms with van der Waals surface area (Å²) in [6.07, 6.45) is 1.71. The second kappa shape index (κ2) is 7.67. The number of aliphatic hydroxyl groups is 1. The molecule has 0 aliphatic carbocycles. The zero-order chi connectivity index (χ0) is 18.6. The molecule has 0 saturated heterocycles. The lowest BCUT2D eigenvalue weighted by atomic mass is 10.2. The topological polar surface area (TPSA) is 86.6 Å². The highest BCUT2D eigenvalue weighted by molar-refractivity contribution is 7.13. The molecule has 136 valence electrons. The predicted molar refractivity (Wildman–Crippen MR) is 106 cm³/mol. The van der Waals surface area contributed by atoms with Crippen molar-refractivity contribution in [3.8, 4) is 0 Å². The molecular formula is C18H15ClN5O2S+. The first-order chi connectivity index (χ1) is 13.2. The molecule has 9 heteroatoms. The van der Waals surface area contributed by atoms with Gasteiger partial charge in [-0.1, -0.05) is 47.5 Å². The number of aromatic nitrogens is 1. The number of nitrogens with two attached hydrogens (primary N) is 1. The molecular weight excluding hydrogens is 386 g/mol. The van der Waals surface area contributed by atoms with Crippen molar-refractivity contribution in [3.63, 3.8) is 0 Å². The fourth-order valence-electron chi connectivity index (χ4n) is 2.47. The van der Waals surface area contributed by atoms with Gasteiger partial charge in [0.2, 0.25) is 10.8 Å². The van der Waals surface area contributed by atoms with Gasteiger partial charge >= 0.3 is 5.95 Å². The molecule has 3 aromatic rings. The van der Waals surface area contributed by atoms with Crippen LogP contribution in [0.5, 0.6) is 0 Å². The van der Waals surface area contributed by atoms with Gasteiger partial charge in [0.25, 0.3) is 0 Å². The van der Waals surface area contributed by atoms with E-state index in [1.165, 1.54) is 16.9 Å². The molecule has 0 fully saturated rings. The maximum absolute atomic E-state index is 10.1. The van der Waals surface area contributed by atoms with Gasteiger partial charge in [0, 0.05) is 10.4 Å². The fraction of sp³-hybridized carbons (Fsp3) is 0. The second-order valence-electron chi connectivity index (χ2n) is 5.54. The summed E-state index contributed by atoms with van der Waals surface area (Å²) >= 11 is 7.32. The predicted octanol–water partition coefficient (Wildman–Crippen LogP) is 3.36. The van der Waals surface area contributed by atoms with Crippen LogP contribution in [0.3, 0.4) is 0 Å². The number of quaternary nitrogens is 1. The largest absolute Gasteiger partial charge is 0.475 e. The van der Waals surface area contributed by atoms with Gasteiger partial charge in [-0.15, -0.1) is 16.3 Å². The number of rotatable bonds is 5. The summed E-state index contributed by atoms with van der Waals surface area (Å²) in [7, 11) is 0. The van der Waals surface area contributed by atoms with Crippen LogP contribution in [0.15, 0.2) is 71.0 Å². The summed E-state index contributed by atoms with van der Waals surface area (Å²) in [6, 6.07) is 16.9. The Morgan fingerprint density at radius 2 is 1.96 bits per heavy atom. The standard InChI is InChI=1S/C18H14ClN5O2S/c19-13-6-8-14(9-7-13)24-16(17(25)26-23-24)15-11-27-18(21-15)22-20-10-12-4-2-1-3-5-12/h1-11,23,25H,(H,21,22)/p+1/b20-10+. The lowest BCUT2D eigenvalue weighted by molar-refractivity contribution is -0.881. The highest BCUT2D eigenvalue weighted by Gasteiger charge is 2.33. The molecule has 2 heterocycles. The summed E-state index contributed by atoms with van der Waals surface area (Å²) in [5.74, 6) is -0.213. The molecule has 0 spiro atoms. The third-order valence-corrected chi connectivity index (χ3v) is 4.74. The molecule has 4 N–H and O–H groups in total. The summed E-state index contributed by atoms with van der Waals surface area (Å²) in [5, 5.41) is 19.1. The van der Waals surface area contributed by atoms with Crippen LogP contribution < -0.4 is 16.0 Å². The van der Waals surface area contributed by atoms with Crippen molar-refractivity contribution in [2.24, 2.45) is 5.10 Å². The van der Waals surface area contributed by atoms with Crippen LogP contribution in [0.25, 0.3) is 5.70 Å². The number of aliphatic hydroxyl groups excluding tert-OH is 1. The molecule has 0 atom stereocenters. The minimum atomic E-state index is -0.213. The minimum absolute atomic E-state index is 0.213. The molecule has 0 amide bonds. The van der Waals surface area contributed by atoms with Gasteiger partial charge in [0.05, 0.1) is 11.9 Å². The summed E-state index contributed by atoms with van der Waals surface area (Å²) in [4.78, 5) is 9.66. The Morgan fingerprint density at radius 1 is 1.19 bits per heavy atom. The number of anilines is 2. The van der Waals surface area contributed by atoms with E-state index in [-0.39, 0.29) is 5.95 Å². The van der Waals surface area contributed by atoms with E-state index in [9.17, 15) is 5.11 Å². The van der Waals surface area contributed by atoms with Crippen LogP contribution in [-0.4, -0.2) is 16.3 Å². The first-order valence-electron chi connectivity index (χ1n) is 7.99. The molecule has 7 nitrogen and oxygen atoms in total. The molecule has 1 aliphatic rings. The monoisotopic (exact) mass is 400 g/mol. The molecule has 0 bridgehead atoms. The van der Waals surface area contributed by atoms with E-state index < -0.39 is 0 Å². The Balaban J connectivity index is 1.52. The molecule has 0 unspecified atom stereocenters. The lowest BCUT2D eigenvalue weighted by Gasteiger charge is -2.13. The van der Waals surface area contributed by atoms with Crippen molar-refractivity contribution in [3.05, 3.63) is 82.2 Å². The van der Waals surface area contributed by atoms with Gasteiger partial charge in [-0.05, 0) is 29.8 Å². The molecule has 0 saturated carbocycles. The van der Waals surface area contributed by atoms with Crippen molar-refractivity contribution >= 4 is 45.7 Å². The highest BCUT2D eigenvalue weighted by atomic mass is 35.5. The summed E-state index contributed by atoms with van der Waals surface area (Å²) < 4.78 is 0. The van der Waals surface area contributed by atoms with Gasteiger partial charge in [-0.25, -0.2) is 4.98 Å². The fourth-order valence-corrected chi connectivity index (χ4v) is 3.24. The van der Waals surface area contributed by atoms with E-state index >= 15 is 0 Å². The van der Waals surface area contributed by atoms with Gasteiger partial charge < -0.3 is 5.11 Å². The van der Waals surface area contributed by atoms with Crippen LogP contribution in [0, 0.1) is 0 Å². The maximum Gasteiger partial charge on any atom is 0.375 e. The number of halogens is 1. The molecule has 2 aromatic carbocycles. The number of hydrazone groups is 1. The van der Waals surface area contributed by atoms with Crippen molar-refractivity contribution in [1.82, 2.24) is 4.98 Å². The SMILES string of the molecule is OC1=C(c2csc(N/N=C/c3ccccc3)n2)N(c2ccc(Cl)cc2)[NH2+]O1. The van der Waals surface area contributed by atoms with Gasteiger partial charge in [-0.3, -0.25) is 10.3 Å². The van der Waals surface area contributed by atoms with Crippen molar-refractivity contribution in [2.75, 3.05) is 10.4 Å². The quantitative estimate of drug-likeness (QED) is 0.347. The number of nitrogens with zero attached hydrogens (tertiary/aromatic N) is 3. The smallest absolute Gasteiger partial charge is 0.375 e. The van der Waals surface area contributed by atoms with E-state index in [0.717, 1.165) is 11.3 Å². The average Bonchev–Trinajstić information content (AvgIpc) is 3.30. The number of benzene rings is 2. The Labute approximate surface area is 164 Å². The molecule has 0 radical (unpaired) electrons. The van der Waals surface area contributed by atoms with Crippen LogP contribution >= 0.6 is 22.9 Å². The number of hydrogen-bond donors (Lipinski definition) is 3. The Kier molecular flexibility index (Phi) is 4.93. The Morgan fingerprint density at radius 3 is 2.74 bits per heavy atom. The van der Waals surface area contributed by atoms with Crippen LogP contribution in [0.2, 0.25) is 5.02 Å². The van der Waals surface area contributed by atoms with Gasteiger partial charge in [0.15, 0.2) is 0 Å². The van der Waals surface area contributed by atoms with Crippen molar-refractivity contribution < 1.29 is 15.5 Å². The summed E-state index contributed by atoms with van der Waals surface area (Å²) in [5.41, 5.74) is 7.12. The first-order valence-corrected chi connectivity index (χ1v) is 9.24. The Bertz CT molecular complexity index is 989. The molecule has 1 aromatic heterocycles. The molecule has 1 aliphatic heterocycles. The molecule has 4 rings (SSSR count). The maximum atomic E-state index is 10.1. The highest BCUT2D eigenvalue weighted by Crippen LogP contribution is 2.30. The second-order valence-corrected chi connectivity index (χ2v) is 6.84. The first kappa shape index (κ1) is 17.3. The van der Waals surface area contributed by atoms with E-state index in [1.807, 2.05) is 47.8 Å². The number of nitrogens with one attached hydrogen (secondary N) is 1. The average molecular weight is 401 g/mol. The van der Waals surface area contributed by atoms with E-state index in [2.05, 4.69) is 15.5 Å². The van der Waals surface area contributed by atoms with Crippen LogP contribution in [-0.2, 0) is 4.84 Å². The normalized spacial score (nSPS) is 14.0. The van der Waals surface area contributed by atoms with Crippen LogP contribution in [0.4, 0.5) is 10.8 Å². The van der Waals surface area contributed by atoms with E-state index in [1.54, 1.807) is 23.4 Å². The zero-order valence-corrected chi connectivity index (χ0v) is 15.5. The van der Waals surface area contributed by atoms with Crippen LogP contribution in [0.1, 0.15) is 11.3 Å². The van der Waals surface area contributed by atoms with E-state index in [0.29, 0.717) is 21.5 Å². The zero-order valence-electron chi connectivity index (χ0n) is 13.9. The van der Waals surface area contributed by atoms with Crippen molar-refractivity contribution in [2.45, 2.75) is 0 Å². The van der Waals surface area contributed by atoms with E-state index in [4.69, 9.17) is 16.4 Å². The van der Waals surface area contributed by atoms with Crippen molar-refractivity contribution in [1.29, 1.82) is 0 Å². The third kappa shape index (κ3) is 3.87. The Hall–Kier alpha value is -3.07. The minimum Gasteiger partial charge on any atom is -0.475 e. The van der Waals surface area contributed by atoms with Gasteiger partial charge in [0.1, 0.15) is 5.69 Å². The third-order valence-electron chi connectivity index (χ3n) is 3.74. The van der Waals surface area contributed by atoms with Gasteiger partial charge in [-0.2, -0.15) is 5.10 Å². The summed E-state index contributed by atoms with van der Waals surface area (Å²) in [6.45, 7) is 0. The number of hydrogen-bond acceptors (Lipinski definition) is 7. The lowest BCUT2D eigenvalue weighted by Crippen LogP contribution is -2.90. The molecule has 27 heavy (non-hydrogen) atoms. The number of thiazole rings is 1.